The minimum absolute atomic E-state index is 0.00731. The van der Waals surface area contributed by atoms with Crippen LogP contribution in [0.4, 0.5) is 5.69 Å². The third kappa shape index (κ3) is 5.90. The largest absolute Gasteiger partial charge is 0.497 e. The number of carbonyl (C=O) groups is 3. The Balaban J connectivity index is 1.23. The molecule has 2 aliphatic heterocycles. The van der Waals surface area contributed by atoms with E-state index in [1.807, 2.05) is 24.3 Å². The topological polar surface area (TPSA) is 106 Å². The number of fused-ring (bicyclic) bond motifs is 2. The highest BCUT2D eigenvalue weighted by Gasteiger charge is 2.39. The molecule has 3 amide bonds. The number of anilines is 1. The van der Waals surface area contributed by atoms with E-state index in [2.05, 4.69) is 10.6 Å². The van der Waals surface area contributed by atoms with Gasteiger partial charge in [-0.05, 0) is 55.9 Å². The third-order valence-electron chi connectivity index (χ3n) is 6.56. The number of benzene rings is 2. The fourth-order valence-electron chi connectivity index (χ4n) is 4.56. The van der Waals surface area contributed by atoms with E-state index < -0.39 is 6.04 Å². The van der Waals surface area contributed by atoms with Gasteiger partial charge in [-0.1, -0.05) is 12.1 Å². The van der Waals surface area contributed by atoms with Gasteiger partial charge in [-0.15, -0.1) is 0 Å². The molecule has 2 aliphatic rings. The van der Waals surface area contributed by atoms with Crippen molar-refractivity contribution in [1.82, 2.24) is 10.2 Å². The van der Waals surface area contributed by atoms with Crippen LogP contribution in [0.3, 0.4) is 0 Å². The van der Waals surface area contributed by atoms with E-state index in [1.165, 1.54) is 7.11 Å². The van der Waals surface area contributed by atoms with Gasteiger partial charge in [0.1, 0.15) is 11.8 Å². The molecule has 0 spiro atoms. The third-order valence-corrected chi connectivity index (χ3v) is 6.56. The predicted molar refractivity (Wildman–Crippen MR) is 135 cm³/mol. The summed E-state index contributed by atoms with van der Waals surface area (Å²) in [7, 11) is 3.15. The van der Waals surface area contributed by atoms with Crippen molar-refractivity contribution in [3.8, 4) is 17.2 Å². The number of rotatable bonds is 11. The average molecular weight is 496 g/mol. The zero-order chi connectivity index (χ0) is 25.5. The van der Waals surface area contributed by atoms with E-state index >= 15 is 0 Å². The maximum atomic E-state index is 13.0. The van der Waals surface area contributed by atoms with Crippen molar-refractivity contribution in [3.63, 3.8) is 0 Å². The van der Waals surface area contributed by atoms with Crippen LogP contribution in [0.25, 0.3) is 0 Å². The Morgan fingerprint density at radius 1 is 1.08 bits per heavy atom. The molecular weight excluding hydrogens is 462 g/mol. The van der Waals surface area contributed by atoms with Crippen molar-refractivity contribution in [2.45, 2.75) is 44.6 Å². The molecule has 2 aromatic carbocycles. The minimum Gasteiger partial charge on any atom is -0.497 e. The first kappa shape index (κ1) is 25.3. The Morgan fingerprint density at radius 2 is 1.89 bits per heavy atom. The second-order valence-corrected chi connectivity index (χ2v) is 8.95. The lowest BCUT2D eigenvalue weighted by atomic mass is 10.1. The van der Waals surface area contributed by atoms with Crippen molar-refractivity contribution < 1.29 is 28.6 Å². The highest BCUT2D eigenvalue weighted by Crippen LogP contribution is 2.37. The molecule has 0 aromatic heterocycles. The lowest BCUT2D eigenvalue weighted by molar-refractivity contribution is -0.121. The lowest BCUT2D eigenvalue weighted by Crippen LogP contribution is -2.40. The summed E-state index contributed by atoms with van der Waals surface area (Å²) < 4.78 is 16.5. The first-order chi connectivity index (χ1) is 17.5. The molecule has 9 nitrogen and oxygen atoms in total. The van der Waals surface area contributed by atoms with Crippen LogP contribution in [0.15, 0.2) is 36.4 Å². The molecule has 192 valence electrons. The zero-order valence-electron chi connectivity index (χ0n) is 20.8. The summed E-state index contributed by atoms with van der Waals surface area (Å²) in [6, 6.07) is 10.6. The highest BCUT2D eigenvalue weighted by molar-refractivity contribution is 6.10. The number of methoxy groups -OCH3 is 2. The molecule has 2 aromatic rings. The number of hydrogen-bond donors (Lipinski definition) is 2. The van der Waals surface area contributed by atoms with Gasteiger partial charge in [-0.25, -0.2) is 0 Å². The van der Waals surface area contributed by atoms with E-state index in [0.29, 0.717) is 68.1 Å². The van der Waals surface area contributed by atoms with Crippen LogP contribution in [0, 0.1) is 0 Å². The lowest BCUT2D eigenvalue weighted by Gasteiger charge is -2.20. The van der Waals surface area contributed by atoms with Crippen molar-refractivity contribution in [2.75, 3.05) is 39.2 Å². The smallest absolute Gasteiger partial charge is 0.256 e. The second kappa shape index (κ2) is 11.8. The van der Waals surface area contributed by atoms with Gasteiger partial charge in [-0.2, -0.15) is 0 Å². The molecule has 36 heavy (non-hydrogen) atoms. The van der Waals surface area contributed by atoms with Crippen LogP contribution in [0.5, 0.6) is 17.2 Å². The number of carbonyl (C=O) groups excluding carboxylic acids is 3. The van der Waals surface area contributed by atoms with Crippen LogP contribution in [-0.2, 0) is 16.0 Å². The Bertz CT molecular complexity index is 1100. The Hall–Kier alpha value is -3.75. The van der Waals surface area contributed by atoms with E-state index in [1.54, 1.807) is 24.1 Å². The predicted octanol–water partition coefficient (Wildman–Crippen LogP) is 3.17. The van der Waals surface area contributed by atoms with Crippen molar-refractivity contribution in [1.29, 1.82) is 0 Å². The molecule has 1 fully saturated rings. The molecule has 9 heteroatoms. The quantitative estimate of drug-likeness (QED) is 0.464. The number of amides is 3. The maximum Gasteiger partial charge on any atom is 0.256 e. The van der Waals surface area contributed by atoms with Crippen molar-refractivity contribution >= 4 is 23.4 Å². The summed E-state index contributed by atoms with van der Waals surface area (Å²) in [5.74, 6) is 1.36. The molecule has 1 saturated heterocycles. The standard InChI is InChI=1S/C27H33N3O6/c1-34-19-10-8-18(9-11-19)12-13-28-25(31)7-3-4-15-36-24-17-21-20(16-23(24)35-2)27(33)30-14-5-6-22(30)26(32)29-21/h8-11,16-17,22H,3-7,12-15H2,1-2H3,(H,28,31)(H,29,32)/t22-/m0/s1. The number of nitrogens with zero attached hydrogens (tertiary/aromatic N) is 1. The molecule has 0 radical (unpaired) electrons. The zero-order valence-corrected chi connectivity index (χ0v) is 20.8. The molecule has 0 aliphatic carbocycles. The van der Waals surface area contributed by atoms with Gasteiger partial charge in [0.2, 0.25) is 11.8 Å². The van der Waals surface area contributed by atoms with Gasteiger partial charge in [0, 0.05) is 25.6 Å². The highest BCUT2D eigenvalue weighted by atomic mass is 16.5. The maximum absolute atomic E-state index is 13.0. The number of nitrogens with one attached hydrogen (secondary N) is 2. The number of unbranched alkanes of at least 4 members (excludes halogenated alkanes) is 1. The van der Waals surface area contributed by atoms with Crippen LogP contribution in [0.1, 0.15) is 48.0 Å². The Morgan fingerprint density at radius 3 is 2.64 bits per heavy atom. The molecule has 2 N–H and O–H groups in total. The van der Waals surface area contributed by atoms with Crippen LogP contribution in [-0.4, -0.2) is 62.6 Å². The van der Waals surface area contributed by atoms with Crippen molar-refractivity contribution in [2.24, 2.45) is 0 Å². The van der Waals surface area contributed by atoms with E-state index in [0.717, 1.165) is 24.2 Å². The molecule has 0 unspecified atom stereocenters. The van der Waals surface area contributed by atoms with Gasteiger partial charge in [-0.3, -0.25) is 14.4 Å². The summed E-state index contributed by atoms with van der Waals surface area (Å²) >= 11 is 0. The van der Waals surface area contributed by atoms with E-state index in [-0.39, 0.29) is 17.7 Å². The molecule has 1 atom stereocenters. The number of hydrogen-bond acceptors (Lipinski definition) is 6. The SMILES string of the molecule is COc1ccc(CCNC(=O)CCCCOc2cc3c(cc2OC)C(=O)N2CCC[C@H]2C(=O)N3)cc1. The normalized spacial score (nSPS) is 16.5. The molecule has 0 saturated carbocycles. The summed E-state index contributed by atoms with van der Waals surface area (Å²) in [5.41, 5.74) is 1.98. The van der Waals surface area contributed by atoms with Gasteiger partial charge in [0.15, 0.2) is 11.5 Å². The molecular formula is C27H33N3O6. The van der Waals surface area contributed by atoms with Gasteiger partial charge < -0.3 is 29.7 Å². The summed E-state index contributed by atoms with van der Waals surface area (Å²) in [4.78, 5) is 39.3. The Labute approximate surface area is 211 Å². The molecule has 0 bridgehead atoms. The van der Waals surface area contributed by atoms with E-state index in [4.69, 9.17) is 14.2 Å². The first-order valence-corrected chi connectivity index (χ1v) is 12.4. The Kier molecular flexibility index (Phi) is 8.30. The van der Waals surface area contributed by atoms with E-state index in [9.17, 15) is 14.4 Å². The fourth-order valence-corrected chi connectivity index (χ4v) is 4.56. The summed E-state index contributed by atoms with van der Waals surface area (Å²) in [5, 5.41) is 5.82. The van der Waals surface area contributed by atoms with Crippen molar-refractivity contribution in [3.05, 3.63) is 47.5 Å². The monoisotopic (exact) mass is 495 g/mol. The first-order valence-electron chi connectivity index (χ1n) is 12.4. The molecule has 2 heterocycles. The van der Waals surface area contributed by atoms with Crippen LogP contribution < -0.4 is 24.8 Å². The summed E-state index contributed by atoms with van der Waals surface area (Å²) in [6.45, 7) is 1.54. The van der Waals surface area contributed by atoms with Gasteiger partial charge in [0.05, 0.1) is 32.1 Å². The average Bonchev–Trinajstić information content (AvgIpc) is 3.36. The fraction of sp³-hybridized carbons (Fsp3) is 0.444. The van der Waals surface area contributed by atoms with Crippen LogP contribution >= 0.6 is 0 Å². The minimum atomic E-state index is -0.428. The molecule has 4 rings (SSSR count). The summed E-state index contributed by atoms with van der Waals surface area (Å²) in [6.07, 6.45) is 4.00. The van der Waals surface area contributed by atoms with Gasteiger partial charge >= 0.3 is 0 Å². The van der Waals surface area contributed by atoms with Gasteiger partial charge in [0.25, 0.3) is 5.91 Å². The van der Waals surface area contributed by atoms with Crippen LogP contribution in [0.2, 0.25) is 0 Å². The number of ether oxygens (including phenoxy) is 3. The second-order valence-electron chi connectivity index (χ2n) is 8.95.